The number of alkyl halides is 2. The van der Waals surface area contributed by atoms with Gasteiger partial charge in [0, 0.05) is 18.5 Å². The van der Waals surface area contributed by atoms with Crippen molar-refractivity contribution in [3.8, 4) is 11.5 Å². The highest BCUT2D eigenvalue weighted by Gasteiger charge is 2.39. The zero-order valence-electron chi connectivity index (χ0n) is 30.7. The molecule has 308 valence electrons. The lowest BCUT2D eigenvalue weighted by atomic mass is 9.86. The number of esters is 2. The molecule has 1 aromatic heterocycles. The van der Waals surface area contributed by atoms with Crippen LogP contribution in [-0.4, -0.2) is 64.2 Å². The van der Waals surface area contributed by atoms with Crippen LogP contribution in [0.2, 0.25) is 10.0 Å². The van der Waals surface area contributed by atoms with Crippen molar-refractivity contribution in [3.05, 3.63) is 122 Å². The number of rotatable bonds is 16. The number of halogens is 5. The zero-order valence-corrected chi connectivity index (χ0v) is 33.0. The van der Waals surface area contributed by atoms with Crippen LogP contribution in [0.25, 0.3) is 0 Å². The lowest BCUT2D eigenvalue weighted by Gasteiger charge is -2.44. The predicted molar refractivity (Wildman–Crippen MR) is 204 cm³/mol. The SMILES string of the molecule is O=C(OC(Cc1c(Cl)c[n+]([O-])cc1Cl)c1ccc(OC(F)F)c(OCC2CC2)c1)c1ccc(S(=O)(=O)NC(C(=O)O[C@H]2CN3CCC2CC3)c2cccc(F)c2)cc1. The number of benzene rings is 3. The normalized spacial score (nSPS) is 20.0. The van der Waals surface area contributed by atoms with E-state index in [0.717, 1.165) is 69.4 Å². The number of aromatic nitrogens is 1. The Bertz CT molecular complexity index is 2240. The van der Waals surface area contributed by atoms with Crippen LogP contribution in [0.4, 0.5) is 13.2 Å². The smallest absolute Gasteiger partial charge is 0.387 e. The average Bonchev–Trinajstić information content (AvgIpc) is 4.02. The first-order valence-corrected chi connectivity index (χ1v) is 20.8. The molecule has 4 fully saturated rings. The molecule has 1 aliphatic carbocycles. The predicted octanol–water partition coefficient (Wildman–Crippen LogP) is 6.95. The molecule has 3 atom stereocenters. The fraction of sp³-hybridized carbons (Fsp3) is 0.375. The number of pyridine rings is 1. The van der Waals surface area contributed by atoms with Gasteiger partial charge in [0.05, 0.1) is 17.1 Å². The van der Waals surface area contributed by atoms with Gasteiger partial charge in [0.2, 0.25) is 10.0 Å². The minimum Gasteiger partial charge on any atom is -0.619 e. The Hall–Kier alpha value is -4.61. The molecule has 0 amide bonds. The highest BCUT2D eigenvalue weighted by atomic mass is 35.5. The molecule has 2 unspecified atom stereocenters. The monoisotopic (exact) mass is 863 g/mol. The van der Waals surface area contributed by atoms with Gasteiger partial charge in [-0.3, -0.25) is 4.90 Å². The standard InChI is InChI=1S/C40H38Cl2F3N3O9S/c41-31-19-48(51)20-32(42)30(31)18-34(26-8-11-33(57-40(44)45)35(17-26)54-22-23-4-5-23)55-38(49)25-6-9-29(10-7-25)58(52,53)46-37(27-2-1-3-28(43)16-27)39(50)56-36-21-47-14-12-24(36)13-15-47/h1-3,6-11,16-17,19-20,23-24,34,36-37,40,46H,4-5,12-15,18,21-22H2/t34?,36-,37?/m0/s1. The van der Waals surface area contributed by atoms with E-state index in [1.165, 1.54) is 48.5 Å². The first-order valence-electron chi connectivity index (χ1n) is 18.5. The molecule has 3 aliphatic heterocycles. The Kier molecular flexibility index (Phi) is 12.7. The highest BCUT2D eigenvalue weighted by molar-refractivity contribution is 7.89. The number of nitrogens with one attached hydrogen (secondary N) is 1. The van der Waals surface area contributed by atoms with E-state index in [9.17, 15) is 36.4 Å². The van der Waals surface area contributed by atoms with Crippen molar-refractivity contribution in [1.82, 2.24) is 9.62 Å². The number of piperidine rings is 3. The number of carbonyl (C=O) groups is 2. The quantitative estimate of drug-likeness (QED) is 0.0713. The van der Waals surface area contributed by atoms with E-state index in [2.05, 4.69) is 14.4 Å². The molecule has 1 saturated carbocycles. The molecule has 4 aromatic rings. The van der Waals surface area contributed by atoms with Gasteiger partial charge in [0.15, 0.2) is 23.9 Å². The van der Waals surface area contributed by atoms with Crippen molar-refractivity contribution in [1.29, 1.82) is 0 Å². The summed E-state index contributed by atoms with van der Waals surface area (Å²) < 4.78 is 93.3. The maximum Gasteiger partial charge on any atom is 0.387 e. The lowest BCUT2D eigenvalue weighted by Crippen LogP contribution is -2.52. The van der Waals surface area contributed by atoms with E-state index in [1.807, 2.05) is 0 Å². The third kappa shape index (κ3) is 10.1. The van der Waals surface area contributed by atoms with Gasteiger partial charge in [0.25, 0.3) is 0 Å². The van der Waals surface area contributed by atoms with Crippen molar-refractivity contribution in [2.45, 2.75) is 61.9 Å². The molecule has 8 rings (SSSR count). The second kappa shape index (κ2) is 17.7. The van der Waals surface area contributed by atoms with Gasteiger partial charge in [-0.25, -0.2) is 22.4 Å². The Morgan fingerprint density at radius 1 is 0.931 bits per heavy atom. The fourth-order valence-electron chi connectivity index (χ4n) is 7.05. The number of carbonyl (C=O) groups excluding carboxylic acids is 2. The van der Waals surface area contributed by atoms with Gasteiger partial charge in [-0.1, -0.05) is 41.4 Å². The van der Waals surface area contributed by atoms with Gasteiger partial charge in [0.1, 0.15) is 34.1 Å². The van der Waals surface area contributed by atoms with E-state index in [0.29, 0.717) is 11.3 Å². The summed E-state index contributed by atoms with van der Waals surface area (Å²) in [5.74, 6) is -2.32. The largest absolute Gasteiger partial charge is 0.619 e. The highest BCUT2D eigenvalue weighted by Crippen LogP contribution is 2.38. The minimum absolute atomic E-state index is 0.0142. The molecular weight excluding hydrogens is 826 g/mol. The van der Waals surface area contributed by atoms with Crippen LogP contribution in [0.1, 0.15) is 64.9 Å². The van der Waals surface area contributed by atoms with Crippen LogP contribution in [-0.2, 0) is 30.7 Å². The van der Waals surface area contributed by atoms with Gasteiger partial charge in [-0.2, -0.15) is 18.2 Å². The van der Waals surface area contributed by atoms with Crippen LogP contribution in [0.15, 0.2) is 84.0 Å². The molecular formula is C40H38Cl2F3N3O9S. The van der Waals surface area contributed by atoms with Crippen LogP contribution in [0.5, 0.6) is 11.5 Å². The molecule has 1 N–H and O–H groups in total. The van der Waals surface area contributed by atoms with E-state index in [-0.39, 0.29) is 73.6 Å². The van der Waals surface area contributed by atoms with Crippen LogP contribution in [0, 0.1) is 22.9 Å². The van der Waals surface area contributed by atoms with Crippen molar-refractivity contribution in [2.24, 2.45) is 11.8 Å². The first-order chi connectivity index (χ1) is 27.7. The van der Waals surface area contributed by atoms with Crippen LogP contribution >= 0.6 is 23.2 Å². The van der Waals surface area contributed by atoms with E-state index < -0.39 is 52.6 Å². The molecule has 3 saturated heterocycles. The Labute approximate surface area is 342 Å². The molecule has 4 heterocycles. The number of fused-ring (bicyclic) bond motifs is 3. The number of hydrogen-bond donors (Lipinski definition) is 1. The number of sulfonamides is 1. The number of hydrogen-bond acceptors (Lipinski definition) is 10. The summed E-state index contributed by atoms with van der Waals surface area (Å²) in [4.78, 5) is 29.1. The number of ether oxygens (including phenoxy) is 4. The van der Waals surface area contributed by atoms with E-state index in [4.69, 9.17) is 37.4 Å². The summed E-state index contributed by atoms with van der Waals surface area (Å²) in [6.07, 6.45) is 3.87. The summed E-state index contributed by atoms with van der Waals surface area (Å²) in [6.45, 7) is -0.577. The molecule has 3 aromatic carbocycles. The third-order valence-corrected chi connectivity index (χ3v) is 12.5. The van der Waals surface area contributed by atoms with Crippen molar-refractivity contribution < 1.29 is 54.9 Å². The second-order valence-corrected chi connectivity index (χ2v) is 17.0. The third-order valence-electron chi connectivity index (χ3n) is 10.4. The molecule has 2 bridgehead atoms. The second-order valence-electron chi connectivity index (χ2n) is 14.5. The summed E-state index contributed by atoms with van der Waals surface area (Å²) in [5, 5.41) is 11.9. The molecule has 12 nitrogen and oxygen atoms in total. The Morgan fingerprint density at radius 2 is 1.64 bits per heavy atom. The van der Waals surface area contributed by atoms with Crippen molar-refractivity contribution in [2.75, 3.05) is 26.2 Å². The first kappa shape index (κ1) is 41.5. The summed E-state index contributed by atoms with van der Waals surface area (Å²) in [6, 6.07) is 12.1. The lowest BCUT2D eigenvalue weighted by molar-refractivity contribution is -0.605. The molecule has 0 radical (unpaired) electrons. The maximum absolute atomic E-state index is 14.3. The fourth-order valence-corrected chi connectivity index (χ4v) is 8.82. The molecule has 58 heavy (non-hydrogen) atoms. The number of nitrogens with zero attached hydrogens (tertiary/aromatic N) is 2. The van der Waals surface area contributed by atoms with Gasteiger partial charge in [-0.05, 0) is 110 Å². The van der Waals surface area contributed by atoms with Crippen LogP contribution in [0.3, 0.4) is 0 Å². The van der Waals surface area contributed by atoms with Gasteiger partial charge in [-0.15, -0.1) is 0 Å². The molecule has 4 aliphatic rings. The average molecular weight is 865 g/mol. The van der Waals surface area contributed by atoms with Crippen LogP contribution < -0.4 is 18.9 Å². The van der Waals surface area contributed by atoms with Gasteiger partial charge < -0.3 is 24.2 Å². The Morgan fingerprint density at radius 3 is 2.26 bits per heavy atom. The van der Waals surface area contributed by atoms with Gasteiger partial charge >= 0.3 is 18.6 Å². The van der Waals surface area contributed by atoms with E-state index in [1.54, 1.807) is 0 Å². The summed E-state index contributed by atoms with van der Waals surface area (Å²) >= 11 is 12.7. The maximum atomic E-state index is 14.3. The summed E-state index contributed by atoms with van der Waals surface area (Å²) in [5.41, 5.74) is 0.482. The minimum atomic E-state index is -4.48. The van der Waals surface area contributed by atoms with E-state index >= 15 is 0 Å². The Balaban J connectivity index is 1.12. The van der Waals surface area contributed by atoms with Crippen molar-refractivity contribution >= 4 is 45.2 Å². The molecule has 18 heteroatoms. The van der Waals surface area contributed by atoms with Crippen molar-refractivity contribution in [3.63, 3.8) is 0 Å². The summed E-state index contributed by atoms with van der Waals surface area (Å²) in [7, 11) is -4.48. The zero-order chi connectivity index (χ0) is 41.1. The topological polar surface area (TPSA) is 147 Å². The molecule has 0 spiro atoms.